The smallest absolute Gasteiger partial charge is 0.240 e. The molecule has 0 bridgehead atoms. The van der Waals surface area contributed by atoms with Crippen molar-refractivity contribution in [3.8, 4) is 0 Å². The molecule has 1 aromatic carbocycles. The van der Waals surface area contributed by atoms with Crippen molar-refractivity contribution >= 4 is 15.7 Å². The molecule has 0 unspecified atom stereocenters. The van der Waals surface area contributed by atoms with E-state index in [2.05, 4.69) is 0 Å². The second kappa shape index (κ2) is 3.48. The van der Waals surface area contributed by atoms with Crippen LogP contribution in [0, 0.1) is 0 Å². The summed E-state index contributed by atoms with van der Waals surface area (Å²) in [5.41, 5.74) is 1.97. The highest BCUT2D eigenvalue weighted by Crippen LogP contribution is 2.33. The van der Waals surface area contributed by atoms with Crippen molar-refractivity contribution in [3.05, 3.63) is 29.8 Å². The van der Waals surface area contributed by atoms with Gasteiger partial charge in [0.25, 0.3) is 0 Å². The van der Waals surface area contributed by atoms with E-state index in [1.165, 1.54) is 0 Å². The Morgan fingerprint density at radius 2 is 1.81 bits per heavy atom. The van der Waals surface area contributed by atoms with Crippen LogP contribution in [0.4, 0.5) is 5.69 Å². The van der Waals surface area contributed by atoms with Gasteiger partial charge in [0, 0.05) is 6.54 Å². The molecule has 2 rings (SSSR count). The van der Waals surface area contributed by atoms with Crippen LogP contribution < -0.4 is 4.31 Å². The second-order valence-corrected chi connectivity index (χ2v) is 7.68. The molecule has 0 saturated heterocycles. The minimum absolute atomic E-state index is 0.568. The summed E-state index contributed by atoms with van der Waals surface area (Å²) in [4.78, 5) is 0. The number of hydrogen-bond acceptors (Lipinski definition) is 2. The summed E-state index contributed by atoms with van der Waals surface area (Å²) in [6.07, 6.45) is 0.811. The Morgan fingerprint density at radius 1 is 1.19 bits per heavy atom. The number of sulfonamides is 1. The molecule has 0 spiro atoms. The molecular formula is C12H17NO2S. The minimum Gasteiger partial charge on any atom is -0.269 e. The van der Waals surface area contributed by atoms with Gasteiger partial charge in [-0.25, -0.2) is 8.42 Å². The van der Waals surface area contributed by atoms with Crippen molar-refractivity contribution in [2.75, 3.05) is 10.8 Å². The molecule has 0 saturated carbocycles. The molecule has 1 aliphatic heterocycles. The second-order valence-electron chi connectivity index (χ2n) is 5.07. The summed E-state index contributed by atoms with van der Waals surface area (Å²) >= 11 is 0. The molecule has 0 fully saturated rings. The van der Waals surface area contributed by atoms with Crippen LogP contribution in [0.25, 0.3) is 0 Å². The van der Waals surface area contributed by atoms with Crippen molar-refractivity contribution in [2.24, 2.45) is 0 Å². The van der Waals surface area contributed by atoms with E-state index < -0.39 is 14.8 Å². The molecular weight excluding hydrogens is 222 g/mol. The van der Waals surface area contributed by atoms with Crippen molar-refractivity contribution in [1.29, 1.82) is 0 Å². The molecule has 1 heterocycles. The zero-order valence-corrected chi connectivity index (χ0v) is 10.7. The fraction of sp³-hybridized carbons (Fsp3) is 0.500. The zero-order chi connectivity index (χ0) is 12.0. The lowest BCUT2D eigenvalue weighted by Crippen LogP contribution is -2.42. The average Bonchev–Trinajstić information content (AvgIpc) is 2.59. The van der Waals surface area contributed by atoms with Crippen LogP contribution in [0.1, 0.15) is 26.3 Å². The van der Waals surface area contributed by atoms with E-state index in [9.17, 15) is 8.42 Å². The Labute approximate surface area is 97.1 Å². The maximum Gasteiger partial charge on any atom is 0.240 e. The molecule has 1 aliphatic rings. The van der Waals surface area contributed by atoms with Crippen LogP contribution >= 0.6 is 0 Å². The van der Waals surface area contributed by atoms with Crippen molar-refractivity contribution < 1.29 is 8.42 Å². The van der Waals surface area contributed by atoms with Gasteiger partial charge in [0.15, 0.2) is 0 Å². The molecule has 0 atom stereocenters. The number of nitrogens with zero attached hydrogens (tertiary/aromatic N) is 1. The average molecular weight is 239 g/mol. The van der Waals surface area contributed by atoms with Crippen LogP contribution in [-0.2, 0) is 16.4 Å². The van der Waals surface area contributed by atoms with Gasteiger partial charge in [-0.05, 0) is 38.8 Å². The molecule has 0 aliphatic carbocycles. The van der Waals surface area contributed by atoms with Gasteiger partial charge in [0.2, 0.25) is 10.0 Å². The zero-order valence-electron chi connectivity index (χ0n) is 9.90. The van der Waals surface area contributed by atoms with Crippen molar-refractivity contribution in [3.63, 3.8) is 0 Å². The molecule has 16 heavy (non-hydrogen) atoms. The molecule has 0 amide bonds. The first-order valence-corrected chi connectivity index (χ1v) is 6.88. The van der Waals surface area contributed by atoms with Crippen LogP contribution in [0.15, 0.2) is 24.3 Å². The molecule has 1 aromatic rings. The largest absolute Gasteiger partial charge is 0.269 e. The van der Waals surface area contributed by atoms with Gasteiger partial charge in [-0.1, -0.05) is 18.2 Å². The Hall–Kier alpha value is -1.03. The predicted molar refractivity (Wildman–Crippen MR) is 66.2 cm³/mol. The number of hydrogen-bond donors (Lipinski definition) is 0. The first-order chi connectivity index (χ1) is 7.34. The topological polar surface area (TPSA) is 37.4 Å². The van der Waals surface area contributed by atoms with Gasteiger partial charge in [0.05, 0.1) is 10.4 Å². The molecule has 0 aromatic heterocycles. The molecule has 0 radical (unpaired) electrons. The van der Waals surface area contributed by atoms with E-state index in [-0.39, 0.29) is 0 Å². The van der Waals surface area contributed by atoms with E-state index in [1.807, 2.05) is 24.3 Å². The maximum atomic E-state index is 12.3. The van der Waals surface area contributed by atoms with Gasteiger partial charge >= 0.3 is 0 Å². The lowest BCUT2D eigenvalue weighted by Gasteiger charge is -2.28. The lowest BCUT2D eigenvalue weighted by atomic mass is 10.2. The first-order valence-electron chi connectivity index (χ1n) is 5.44. The number of fused-ring (bicyclic) bond motifs is 1. The summed E-state index contributed by atoms with van der Waals surface area (Å²) in [5, 5.41) is 0. The summed E-state index contributed by atoms with van der Waals surface area (Å²) < 4.78 is 25.5. The Balaban J connectivity index is 2.48. The normalized spacial score (nSPS) is 16.3. The third kappa shape index (κ3) is 1.61. The Kier molecular flexibility index (Phi) is 2.49. The number of rotatable bonds is 1. The maximum absolute atomic E-state index is 12.3. The van der Waals surface area contributed by atoms with E-state index in [0.29, 0.717) is 6.54 Å². The highest BCUT2D eigenvalue weighted by atomic mass is 32.2. The van der Waals surface area contributed by atoms with Gasteiger partial charge < -0.3 is 0 Å². The van der Waals surface area contributed by atoms with E-state index in [1.54, 1.807) is 25.1 Å². The number of anilines is 1. The third-order valence-corrected chi connectivity index (χ3v) is 5.42. The van der Waals surface area contributed by atoms with Crippen LogP contribution in [0.2, 0.25) is 0 Å². The fourth-order valence-corrected chi connectivity index (χ4v) is 3.32. The standard InChI is InChI=1S/C12H17NO2S/c1-12(2,3)16(14,15)13-9-8-10-6-4-5-7-11(10)13/h4-7H,8-9H2,1-3H3. The molecule has 3 nitrogen and oxygen atoms in total. The predicted octanol–water partition coefficient (Wildman–Crippen LogP) is 2.18. The van der Waals surface area contributed by atoms with Crippen molar-refractivity contribution in [2.45, 2.75) is 31.9 Å². The molecule has 88 valence electrons. The number of benzene rings is 1. The molecule has 0 N–H and O–H groups in total. The van der Waals surface area contributed by atoms with Gasteiger partial charge in [-0.3, -0.25) is 4.31 Å². The van der Waals surface area contributed by atoms with Crippen LogP contribution in [0.3, 0.4) is 0 Å². The molecule has 4 heteroatoms. The highest BCUT2D eigenvalue weighted by Gasteiger charge is 2.38. The number of para-hydroxylation sites is 1. The van der Waals surface area contributed by atoms with E-state index in [4.69, 9.17) is 0 Å². The SMILES string of the molecule is CC(C)(C)S(=O)(=O)N1CCc2ccccc21. The van der Waals surface area contributed by atoms with Gasteiger partial charge in [0.1, 0.15) is 0 Å². The Morgan fingerprint density at radius 3 is 2.44 bits per heavy atom. The third-order valence-electron chi connectivity index (χ3n) is 2.91. The summed E-state index contributed by atoms with van der Waals surface area (Å²) in [6.45, 7) is 5.79. The quantitative estimate of drug-likeness (QED) is 0.753. The Bertz CT molecular complexity index is 500. The van der Waals surface area contributed by atoms with Gasteiger partial charge in [-0.2, -0.15) is 0 Å². The summed E-state index contributed by atoms with van der Waals surface area (Å²) in [6, 6.07) is 7.71. The van der Waals surface area contributed by atoms with Crippen molar-refractivity contribution in [1.82, 2.24) is 0 Å². The van der Waals surface area contributed by atoms with Gasteiger partial charge in [-0.15, -0.1) is 0 Å². The fourth-order valence-electron chi connectivity index (χ4n) is 1.89. The summed E-state index contributed by atoms with van der Waals surface area (Å²) in [7, 11) is -3.26. The van der Waals surface area contributed by atoms with Crippen LogP contribution in [0.5, 0.6) is 0 Å². The van der Waals surface area contributed by atoms with E-state index in [0.717, 1.165) is 17.7 Å². The van der Waals surface area contributed by atoms with Crippen LogP contribution in [-0.4, -0.2) is 19.7 Å². The summed E-state index contributed by atoms with van der Waals surface area (Å²) in [5.74, 6) is 0. The lowest BCUT2D eigenvalue weighted by molar-refractivity contribution is 0.556. The minimum atomic E-state index is -3.26. The highest BCUT2D eigenvalue weighted by molar-refractivity contribution is 7.94. The monoisotopic (exact) mass is 239 g/mol. The van der Waals surface area contributed by atoms with E-state index >= 15 is 0 Å². The first kappa shape index (κ1) is 11.5.